The number of rotatable bonds is 1. The Kier molecular flexibility index (Phi) is 2.06. The summed E-state index contributed by atoms with van der Waals surface area (Å²) in [6.07, 6.45) is 0. The Morgan fingerprint density at radius 2 is 2.07 bits per heavy atom. The van der Waals surface area contributed by atoms with Crippen molar-refractivity contribution in [2.24, 2.45) is 0 Å². The average molecular weight is 228 g/mol. The second-order valence-electron chi connectivity index (χ2n) is 4.31. The lowest BCUT2D eigenvalue weighted by molar-refractivity contribution is 0.291. The number of hydrogen-bond acceptors (Lipinski definition) is 3. The molecule has 1 aliphatic heterocycles. The van der Waals surface area contributed by atoms with Crippen LogP contribution in [-0.4, -0.2) is 19.6 Å². The molecule has 1 heterocycles. The number of benzene rings is 1. The molecule has 1 N–H and O–H groups in total. The van der Waals surface area contributed by atoms with E-state index in [2.05, 4.69) is 0 Å². The van der Waals surface area contributed by atoms with Crippen molar-refractivity contribution in [1.82, 2.24) is 0 Å². The van der Waals surface area contributed by atoms with Crippen LogP contribution in [0.25, 0.3) is 0 Å². The summed E-state index contributed by atoms with van der Waals surface area (Å²) in [6, 6.07) is 4.39. The summed E-state index contributed by atoms with van der Waals surface area (Å²) in [6.45, 7) is 4.45. The molecule has 5 heteroatoms. The van der Waals surface area contributed by atoms with E-state index >= 15 is 0 Å². The topological polar surface area (TPSA) is 63.6 Å². The van der Waals surface area contributed by atoms with E-state index in [4.69, 9.17) is 9.29 Å². The normalized spacial score (nSPS) is 18.3. The Labute approximate surface area is 88.6 Å². The molecule has 0 unspecified atom stereocenters. The van der Waals surface area contributed by atoms with Gasteiger partial charge in [0.15, 0.2) is 0 Å². The first kappa shape index (κ1) is 10.4. The minimum atomic E-state index is -4.13. The second kappa shape index (κ2) is 2.96. The third kappa shape index (κ3) is 1.72. The lowest BCUT2D eigenvalue weighted by atomic mass is 9.87. The Morgan fingerprint density at radius 1 is 1.40 bits per heavy atom. The quantitative estimate of drug-likeness (QED) is 0.741. The largest absolute Gasteiger partial charge is 0.492 e. The lowest BCUT2D eigenvalue weighted by Gasteiger charge is -2.15. The van der Waals surface area contributed by atoms with Crippen LogP contribution >= 0.6 is 0 Å². The highest BCUT2D eigenvalue weighted by atomic mass is 32.2. The highest BCUT2D eigenvalue weighted by Crippen LogP contribution is 2.39. The third-order valence-corrected chi connectivity index (χ3v) is 3.42. The highest BCUT2D eigenvalue weighted by molar-refractivity contribution is 7.85. The van der Waals surface area contributed by atoms with Crippen molar-refractivity contribution in [1.29, 1.82) is 0 Å². The Hall–Kier alpha value is -1.07. The maximum Gasteiger partial charge on any atom is 0.294 e. The van der Waals surface area contributed by atoms with Crippen LogP contribution in [0.1, 0.15) is 19.4 Å². The van der Waals surface area contributed by atoms with Gasteiger partial charge >= 0.3 is 0 Å². The fourth-order valence-corrected chi connectivity index (χ4v) is 2.17. The van der Waals surface area contributed by atoms with Gasteiger partial charge in [-0.2, -0.15) is 8.42 Å². The van der Waals surface area contributed by atoms with E-state index in [1.165, 1.54) is 12.1 Å². The van der Waals surface area contributed by atoms with Crippen LogP contribution in [0.3, 0.4) is 0 Å². The molecule has 82 valence electrons. The molecular weight excluding hydrogens is 216 g/mol. The molecular formula is C10H12O4S. The fraction of sp³-hybridized carbons (Fsp3) is 0.400. The molecule has 2 rings (SSSR count). The van der Waals surface area contributed by atoms with Gasteiger partial charge in [0.25, 0.3) is 10.1 Å². The molecule has 1 aromatic carbocycles. The van der Waals surface area contributed by atoms with Gasteiger partial charge in [0.1, 0.15) is 5.75 Å². The van der Waals surface area contributed by atoms with Crippen molar-refractivity contribution < 1.29 is 17.7 Å². The summed E-state index contributed by atoms with van der Waals surface area (Å²) >= 11 is 0. The monoisotopic (exact) mass is 228 g/mol. The molecule has 0 aliphatic carbocycles. The summed E-state index contributed by atoms with van der Waals surface area (Å²) < 4.78 is 36.2. The van der Waals surface area contributed by atoms with Gasteiger partial charge in [0, 0.05) is 11.0 Å². The van der Waals surface area contributed by atoms with E-state index in [-0.39, 0.29) is 10.3 Å². The first-order chi connectivity index (χ1) is 6.81. The van der Waals surface area contributed by atoms with Crippen LogP contribution in [0.5, 0.6) is 5.75 Å². The Bertz CT molecular complexity index is 502. The van der Waals surface area contributed by atoms with Gasteiger partial charge in [-0.15, -0.1) is 0 Å². The molecule has 0 fully saturated rings. The molecule has 15 heavy (non-hydrogen) atoms. The molecule has 0 radical (unpaired) electrons. The SMILES string of the molecule is CC1(C)COc2ccc(S(=O)(=O)O)cc21. The first-order valence-corrected chi connectivity index (χ1v) is 5.99. The molecule has 0 atom stereocenters. The zero-order valence-corrected chi connectivity index (χ0v) is 9.34. The summed E-state index contributed by atoms with van der Waals surface area (Å²) in [5, 5.41) is 0. The summed E-state index contributed by atoms with van der Waals surface area (Å²) in [5.74, 6) is 0.687. The van der Waals surface area contributed by atoms with Crippen molar-refractivity contribution in [3.05, 3.63) is 23.8 Å². The van der Waals surface area contributed by atoms with Crippen LogP contribution in [-0.2, 0) is 15.5 Å². The van der Waals surface area contributed by atoms with Gasteiger partial charge in [-0.3, -0.25) is 4.55 Å². The molecule has 0 amide bonds. The minimum Gasteiger partial charge on any atom is -0.492 e. The van der Waals surface area contributed by atoms with Gasteiger partial charge in [0.05, 0.1) is 11.5 Å². The summed E-state index contributed by atoms with van der Waals surface area (Å²) in [7, 11) is -4.13. The van der Waals surface area contributed by atoms with Crippen LogP contribution < -0.4 is 4.74 Å². The Morgan fingerprint density at radius 3 is 2.67 bits per heavy atom. The van der Waals surface area contributed by atoms with Gasteiger partial charge in [-0.05, 0) is 18.2 Å². The van der Waals surface area contributed by atoms with Gasteiger partial charge in [-0.25, -0.2) is 0 Å². The first-order valence-electron chi connectivity index (χ1n) is 4.55. The highest BCUT2D eigenvalue weighted by Gasteiger charge is 2.32. The minimum absolute atomic E-state index is 0.0835. The maximum atomic E-state index is 11.0. The molecule has 0 aromatic heterocycles. The van der Waals surface area contributed by atoms with Crippen LogP contribution in [0.2, 0.25) is 0 Å². The second-order valence-corrected chi connectivity index (χ2v) is 5.73. The standard InChI is InChI=1S/C10H12O4S/c1-10(2)6-14-9-4-3-7(5-8(9)10)15(11,12)13/h3-5H,6H2,1-2H3,(H,11,12,13). The molecule has 0 bridgehead atoms. The average Bonchev–Trinajstić information content (AvgIpc) is 2.41. The third-order valence-electron chi connectivity index (χ3n) is 2.57. The van der Waals surface area contributed by atoms with E-state index in [1.54, 1.807) is 6.07 Å². The predicted molar refractivity (Wildman–Crippen MR) is 54.8 cm³/mol. The van der Waals surface area contributed by atoms with Gasteiger partial charge in [0.2, 0.25) is 0 Å². The zero-order chi connectivity index (χ0) is 11.3. The van der Waals surface area contributed by atoms with E-state index in [0.29, 0.717) is 12.4 Å². The van der Waals surface area contributed by atoms with Crippen LogP contribution in [0.15, 0.2) is 23.1 Å². The van der Waals surface area contributed by atoms with Crippen molar-refractivity contribution >= 4 is 10.1 Å². The number of ether oxygens (including phenoxy) is 1. The number of fused-ring (bicyclic) bond motifs is 1. The fourth-order valence-electron chi connectivity index (χ4n) is 1.66. The van der Waals surface area contributed by atoms with Gasteiger partial charge < -0.3 is 4.74 Å². The predicted octanol–water partition coefficient (Wildman–Crippen LogP) is 1.60. The van der Waals surface area contributed by atoms with Crippen molar-refractivity contribution in [3.8, 4) is 5.75 Å². The summed E-state index contributed by atoms with van der Waals surface area (Å²) in [4.78, 5) is -0.0835. The maximum absolute atomic E-state index is 11.0. The van der Waals surface area contributed by atoms with E-state index < -0.39 is 10.1 Å². The van der Waals surface area contributed by atoms with Crippen LogP contribution in [0, 0.1) is 0 Å². The molecule has 1 aromatic rings. The van der Waals surface area contributed by atoms with Crippen molar-refractivity contribution in [2.45, 2.75) is 24.2 Å². The smallest absolute Gasteiger partial charge is 0.294 e. The molecule has 0 spiro atoms. The van der Waals surface area contributed by atoms with Gasteiger partial charge in [-0.1, -0.05) is 13.8 Å². The van der Waals surface area contributed by atoms with E-state index in [1.807, 2.05) is 13.8 Å². The number of hydrogen-bond donors (Lipinski definition) is 1. The summed E-state index contributed by atoms with van der Waals surface area (Å²) in [5.41, 5.74) is 0.605. The zero-order valence-electron chi connectivity index (χ0n) is 8.52. The van der Waals surface area contributed by atoms with Crippen LogP contribution in [0.4, 0.5) is 0 Å². The molecule has 0 saturated carbocycles. The Balaban J connectivity index is 2.61. The molecule has 0 saturated heterocycles. The van der Waals surface area contributed by atoms with E-state index in [0.717, 1.165) is 5.56 Å². The van der Waals surface area contributed by atoms with Crippen molar-refractivity contribution in [2.75, 3.05) is 6.61 Å². The van der Waals surface area contributed by atoms with E-state index in [9.17, 15) is 8.42 Å². The lowest BCUT2D eigenvalue weighted by Crippen LogP contribution is -2.18. The molecule has 4 nitrogen and oxygen atoms in total. The van der Waals surface area contributed by atoms with Crippen molar-refractivity contribution in [3.63, 3.8) is 0 Å². The molecule has 1 aliphatic rings.